The third kappa shape index (κ3) is 5.27. The molecule has 1 aromatic carbocycles. The lowest BCUT2D eigenvalue weighted by Crippen LogP contribution is -2.15. The van der Waals surface area contributed by atoms with Crippen LogP contribution in [0.2, 0.25) is 0 Å². The average molecular weight is 539 g/mol. The number of benzene rings is 1. The number of nitrogens with one attached hydrogen (secondary N) is 1. The van der Waals surface area contributed by atoms with Gasteiger partial charge in [0, 0.05) is 17.6 Å². The number of carbonyl (C=O) groups is 1. The van der Waals surface area contributed by atoms with Crippen molar-refractivity contribution in [2.75, 3.05) is 26.1 Å². The van der Waals surface area contributed by atoms with Gasteiger partial charge in [0.25, 0.3) is 5.91 Å². The molecule has 0 atom stereocenters. The van der Waals surface area contributed by atoms with Crippen LogP contribution in [0.25, 0.3) is 16.6 Å². The van der Waals surface area contributed by atoms with E-state index in [1.54, 1.807) is 57.7 Å². The fourth-order valence-electron chi connectivity index (χ4n) is 3.76. The van der Waals surface area contributed by atoms with Crippen molar-refractivity contribution in [2.24, 2.45) is 0 Å². The van der Waals surface area contributed by atoms with Gasteiger partial charge in [0.2, 0.25) is 5.82 Å². The van der Waals surface area contributed by atoms with Gasteiger partial charge >= 0.3 is 0 Å². The summed E-state index contributed by atoms with van der Waals surface area (Å²) in [4.78, 5) is 29.6. The van der Waals surface area contributed by atoms with Gasteiger partial charge in [-0.15, -0.1) is 0 Å². The van der Waals surface area contributed by atoms with Gasteiger partial charge in [0.05, 0.1) is 51.1 Å². The maximum Gasteiger partial charge on any atom is 0.281 e. The lowest BCUT2D eigenvalue weighted by atomic mass is 10.2. The van der Waals surface area contributed by atoms with Gasteiger partial charge in [-0.2, -0.15) is 10.4 Å². The fourth-order valence-corrected chi connectivity index (χ4v) is 3.76. The molecule has 4 aromatic heterocycles. The molecule has 1 amide bonds. The maximum atomic E-state index is 13.0. The Balaban J connectivity index is 1.34. The van der Waals surface area contributed by atoms with E-state index in [0.29, 0.717) is 40.8 Å². The summed E-state index contributed by atoms with van der Waals surface area (Å²) in [5, 5.41) is 16.7. The number of hydrogen-bond acceptors (Lipinski definition) is 11. The van der Waals surface area contributed by atoms with Gasteiger partial charge in [-0.25, -0.2) is 19.6 Å². The Morgan fingerprint density at radius 3 is 2.42 bits per heavy atom. The van der Waals surface area contributed by atoms with Gasteiger partial charge in [0.15, 0.2) is 22.9 Å². The molecule has 0 saturated carbocycles. The summed E-state index contributed by atoms with van der Waals surface area (Å²) in [6.45, 7) is 2.12. The summed E-state index contributed by atoms with van der Waals surface area (Å²) in [5.41, 5.74) is 1.17. The van der Waals surface area contributed by atoms with Crippen LogP contribution in [0, 0.1) is 11.3 Å². The van der Waals surface area contributed by atoms with Crippen molar-refractivity contribution in [3.05, 3.63) is 72.8 Å². The highest BCUT2D eigenvalue weighted by Crippen LogP contribution is 2.36. The van der Waals surface area contributed by atoms with Crippen LogP contribution < -0.4 is 24.3 Å². The van der Waals surface area contributed by atoms with Crippen LogP contribution >= 0.6 is 0 Å². The number of methoxy groups -OCH3 is 2. The molecule has 13 heteroatoms. The van der Waals surface area contributed by atoms with Gasteiger partial charge in [-0.05, 0) is 31.2 Å². The zero-order chi connectivity index (χ0) is 28.1. The zero-order valence-electron chi connectivity index (χ0n) is 21.7. The summed E-state index contributed by atoms with van der Waals surface area (Å²) >= 11 is 0. The molecule has 5 rings (SSSR count). The molecular formula is C27H22N8O5. The molecule has 5 aromatic rings. The van der Waals surface area contributed by atoms with Crippen molar-refractivity contribution in [3.63, 3.8) is 0 Å². The van der Waals surface area contributed by atoms with Crippen molar-refractivity contribution in [3.8, 4) is 40.5 Å². The lowest BCUT2D eigenvalue weighted by Gasteiger charge is -2.12. The number of aromatic nitrogens is 6. The second-order valence-corrected chi connectivity index (χ2v) is 8.06. The van der Waals surface area contributed by atoms with Crippen LogP contribution in [0.3, 0.4) is 0 Å². The molecule has 0 saturated heterocycles. The number of carbonyl (C=O) groups excluding carboxylic acids is 1. The highest BCUT2D eigenvalue weighted by molar-refractivity contribution is 6.04. The van der Waals surface area contributed by atoms with Crippen LogP contribution in [0.1, 0.15) is 23.2 Å². The second-order valence-electron chi connectivity index (χ2n) is 8.06. The second kappa shape index (κ2) is 11.3. The number of ether oxygens (including phenoxy) is 4. The Morgan fingerprint density at radius 1 is 0.975 bits per heavy atom. The molecule has 0 radical (unpaired) electrons. The summed E-state index contributed by atoms with van der Waals surface area (Å²) in [5.74, 6) is 2.13. The fraction of sp³-hybridized carbons (Fsp3) is 0.148. The first-order chi connectivity index (χ1) is 19.5. The van der Waals surface area contributed by atoms with E-state index in [4.69, 9.17) is 24.2 Å². The molecule has 1 N–H and O–H groups in total. The summed E-state index contributed by atoms with van der Waals surface area (Å²) in [6.07, 6.45) is 7.50. The third-order valence-corrected chi connectivity index (χ3v) is 5.61. The van der Waals surface area contributed by atoms with Gasteiger partial charge in [-0.3, -0.25) is 9.78 Å². The molecular weight excluding hydrogens is 516 g/mol. The van der Waals surface area contributed by atoms with Gasteiger partial charge in [0.1, 0.15) is 29.1 Å². The highest BCUT2D eigenvalue weighted by atomic mass is 16.5. The van der Waals surface area contributed by atoms with E-state index in [1.807, 2.05) is 6.07 Å². The van der Waals surface area contributed by atoms with Crippen molar-refractivity contribution in [2.45, 2.75) is 6.92 Å². The topological polar surface area (TPSA) is 159 Å². The molecule has 13 nitrogen and oxygen atoms in total. The van der Waals surface area contributed by atoms with Gasteiger partial charge in [-0.1, -0.05) is 0 Å². The Labute approximate surface area is 228 Å². The summed E-state index contributed by atoms with van der Waals surface area (Å²) < 4.78 is 23.8. The quantitative estimate of drug-likeness (QED) is 0.290. The predicted octanol–water partition coefficient (Wildman–Crippen LogP) is 3.94. The Kier molecular flexibility index (Phi) is 7.32. The molecule has 0 spiro atoms. The van der Waals surface area contributed by atoms with Crippen LogP contribution in [0.15, 0.2) is 61.3 Å². The van der Waals surface area contributed by atoms with E-state index in [2.05, 4.69) is 30.4 Å². The van der Waals surface area contributed by atoms with Crippen LogP contribution in [-0.2, 0) is 0 Å². The standard InChI is InChI=1S/C27H22N8O5/c1-4-39-23-15-35(16-12-30-25(11-28)31-13-16)34-26(23)27(36)33-24-6-5-17(14-32-24)40-20-7-8-29-19-10-22(38-3)21(37-2)9-18(19)20/h5-10,12-15H,4H2,1-3H3,(H,32,33,36). The monoisotopic (exact) mass is 538 g/mol. The first-order valence-electron chi connectivity index (χ1n) is 11.9. The van der Waals surface area contributed by atoms with Crippen molar-refractivity contribution in [1.29, 1.82) is 5.26 Å². The first kappa shape index (κ1) is 25.9. The average Bonchev–Trinajstić information content (AvgIpc) is 3.42. The molecule has 0 fully saturated rings. The zero-order valence-corrected chi connectivity index (χ0v) is 21.7. The lowest BCUT2D eigenvalue weighted by molar-refractivity contribution is 0.101. The number of nitriles is 1. The van der Waals surface area contributed by atoms with E-state index in [0.717, 1.165) is 5.39 Å². The Bertz CT molecular complexity index is 1710. The first-order valence-corrected chi connectivity index (χ1v) is 11.9. The SMILES string of the molecule is CCOc1cn(-c2cnc(C#N)nc2)nc1C(=O)Nc1ccc(Oc2ccnc3cc(OC)c(OC)cc23)cn1. The molecule has 0 aliphatic heterocycles. The molecule has 0 unspecified atom stereocenters. The number of fused-ring (bicyclic) bond motifs is 1. The minimum atomic E-state index is -0.529. The van der Waals surface area contributed by atoms with E-state index < -0.39 is 5.91 Å². The van der Waals surface area contributed by atoms with E-state index in [1.165, 1.54) is 29.5 Å². The van der Waals surface area contributed by atoms with E-state index in [-0.39, 0.29) is 23.1 Å². The van der Waals surface area contributed by atoms with Crippen molar-refractivity contribution < 1.29 is 23.7 Å². The number of anilines is 1. The maximum absolute atomic E-state index is 13.0. The number of rotatable bonds is 9. The normalized spacial score (nSPS) is 10.6. The molecule has 40 heavy (non-hydrogen) atoms. The van der Waals surface area contributed by atoms with Crippen LogP contribution in [-0.4, -0.2) is 56.5 Å². The summed E-state index contributed by atoms with van der Waals surface area (Å²) in [7, 11) is 3.12. The van der Waals surface area contributed by atoms with Crippen molar-refractivity contribution in [1.82, 2.24) is 29.7 Å². The highest BCUT2D eigenvalue weighted by Gasteiger charge is 2.20. The minimum Gasteiger partial charge on any atom is -0.493 e. The number of hydrogen-bond donors (Lipinski definition) is 1. The number of nitrogens with zero attached hydrogens (tertiary/aromatic N) is 7. The largest absolute Gasteiger partial charge is 0.493 e. The number of amides is 1. The molecule has 0 aliphatic rings. The molecule has 0 aliphatic carbocycles. The Hall–Kier alpha value is -5.77. The third-order valence-electron chi connectivity index (χ3n) is 5.61. The van der Waals surface area contributed by atoms with E-state index >= 15 is 0 Å². The van der Waals surface area contributed by atoms with Crippen LogP contribution in [0.4, 0.5) is 5.82 Å². The molecule has 0 bridgehead atoms. The number of pyridine rings is 2. The molecule has 4 heterocycles. The Morgan fingerprint density at radius 2 is 1.75 bits per heavy atom. The van der Waals surface area contributed by atoms with Crippen LogP contribution in [0.5, 0.6) is 28.7 Å². The van der Waals surface area contributed by atoms with E-state index in [9.17, 15) is 4.79 Å². The predicted molar refractivity (Wildman–Crippen MR) is 142 cm³/mol. The minimum absolute atomic E-state index is 0.0227. The smallest absolute Gasteiger partial charge is 0.281 e. The van der Waals surface area contributed by atoms with Gasteiger partial charge < -0.3 is 24.3 Å². The summed E-state index contributed by atoms with van der Waals surface area (Å²) in [6, 6.07) is 10.4. The molecule has 200 valence electrons. The van der Waals surface area contributed by atoms with Crippen molar-refractivity contribution >= 4 is 22.6 Å².